The summed E-state index contributed by atoms with van der Waals surface area (Å²) in [6.45, 7) is 9.00. The molecule has 3 rings (SSSR count). The molecule has 0 amide bonds. The molecule has 1 aromatic rings. The second-order valence-corrected chi connectivity index (χ2v) is 9.10. The van der Waals surface area contributed by atoms with Crippen LogP contribution in [0.15, 0.2) is 35.2 Å². The smallest absolute Gasteiger partial charge is 0.174 e. The van der Waals surface area contributed by atoms with Gasteiger partial charge in [-0.15, -0.1) is 0 Å². The van der Waals surface area contributed by atoms with Gasteiger partial charge in [-0.3, -0.25) is 4.21 Å². The Morgan fingerprint density at radius 1 is 1.11 bits per heavy atom. The van der Waals surface area contributed by atoms with Gasteiger partial charge in [0.1, 0.15) is 6.10 Å². The van der Waals surface area contributed by atoms with Crippen molar-refractivity contribution in [3.63, 3.8) is 0 Å². The van der Waals surface area contributed by atoms with Crippen LogP contribution in [0.25, 0.3) is 0 Å². The van der Waals surface area contributed by atoms with Gasteiger partial charge in [-0.25, -0.2) is 0 Å². The van der Waals surface area contributed by atoms with E-state index in [-0.39, 0.29) is 16.9 Å². The molecule has 0 N–H and O–H groups in total. The van der Waals surface area contributed by atoms with Crippen molar-refractivity contribution in [1.29, 1.82) is 0 Å². The SMILES string of the molecule is CC1(C)CC(C)(C)C2OC2(S(=O)c2ccccc2)C1. The van der Waals surface area contributed by atoms with Crippen LogP contribution in [0.3, 0.4) is 0 Å². The van der Waals surface area contributed by atoms with Gasteiger partial charge in [0.15, 0.2) is 4.93 Å². The fraction of sp³-hybridized carbons (Fsp3) is 0.625. The Kier molecular flexibility index (Phi) is 2.75. The van der Waals surface area contributed by atoms with E-state index in [1.807, 2.05) is 30.3 Å². The van der Waals surface area contributed by atoms with Gasteiger partial charge < -0.3 is 4.74 Å². The maximum atomic E-state index is 12.9. The molecule has 1 aliphatic heterocycles. The molecular formula is C16H22O2S. The van der Waals surface area contributed by atoms with Crippen LogP contribution in [0.4, 0.5) is 0 Å². The zero-order valence-electron chi connectivity index (χ0n) is 12.1. The second kappa shape index (κ2) is 3.92. The Morgan fingerprint density at radius 3 is 2.37 bits per heavy atom. The van der Waals surface area contributed by atoms with Crippen molar-refractivity contribution in [3.05, 3.63) is 30.3 Å². The highest BCUT2D eigenvalue weighted by atomic mass is 32.2. The molecule has 1 aromatic carbocycles. The van der Waals surface area contributed by atoms with Crippen molar-refractivity contribution < 1.29 is 8.95 Å². The minimum absolute atomic E-state index is 0.103. The van der Waals surface area contributed by atoms with Crippen LogP contribution < -0.4 is 0 Å². The van der Waals surface area contributed by atoms with Gasteiger partial charge in [0.2, 0.25) is 0 Å². The molecular weight excluding hydrogens is 256 g/mol. The number of rotatable bonds is 2. The van der Waals surface area contributed by atoms with E-state index in [1.54, 1.807) is 0 Å². The van der Waals surface area contributed by atoms with Gasteiger partial charge in [-0.2, -0.15) is 0 Å². The third-order valence-corrected chi connectivity index (χ3v) is 6.08. The molecule has 2 nitrogen and oxygen atoms in total. The number of hydrogen-bond donors (Lipinski definition) is 0. The molecule has 2 aliphatic rings. The van der Waals surface area contributed by atoms with Crippen LogP contribution in [0.1, 0.15) is 40.5 Å². The third kappa shape index (κ3) is 2.07. The lowest BCUT2D eigenvalue weighted by Gasteiger charge is -2.40. The van der Waals surface area contributed by atoms with E-state index in [1.165, 1.54) is 0 Å². The molecule has 3 unspecified atom stereocenters. The molecule has 0 spiro atoms. The monoisotopic (exact) mass is 278 g/mol. The van der Waals surface area contributed by atoms with Crippen molar-refractivity contribution >= 4 is 10.8 Å². The molecule has 1 saturated carbocycles. The molecule has 2 fully saturated rings. The summed E-state index contributed by atoms with van der Waals surface area (Å²) < 4.78 is 19.0. The summed E-state index contributed by atoms with van der Waals surface area (Å²) in [7, 11) is -1.08. The van der Waals surface area contributed by atoms with Gasteiger partial charge in [-0.1, -0.05) is 45.9 Å². The third-order valence-electron chi connectivity index (χ3n) is 4.30. The highest BCUT2D eigenvalue weighted by Crippen LogP contribution is 2.63. The average molecular weight is 278 g/mol. The summed E-state index contributed by atoms with van der Waals surface area (Å²) in [6.07, 6.45) is 2.14. The van der Waals surface area contributed by atoms with Crippen LogP contribution in [0, 0.1) is 10.8 Å². The molecule has 19 heavy (non-hydrogen) atoms. The van der Waals surface area contributed by atoms with Crippen LogP contribution in [0.5, 0.6) is 0 Å². The maximum Gasteiger partial charge on any atom is 0.174 e. The lowest BCUT2D eigenvalue weighted by atomic mass is 9.65. The van der Waals surface area contributed by atoms with Crippen molar-refractivity contribution in [2.24, 2.45) is 10.8 Å². The first-order valence-electron chi connectivity index (χ1n) is 6.92. The normalized spacial score (nSPS) is 36.3. The van der Waals surface area contributed by atoms with Crippen LogP contribution in [0.2, 0.25) is 0 Å². The summed E-state index contributed by atoms with van der Waals surface area (Å²) in [5.74, 6) is 0. The van der Waals surface area contributed by atoms with Gasteiger partial charge in [0, 0.05) is 4.90 Å². The summed E-state index contributed by atoms with van der Waals surface area (Å²) in [4.78, 5) is 0.436. The largest absolute Gasteiger partial charge is 0.351 e. The zero-order valence-corrected chi connectivity index (χ0v) is 12.9. The van der Waals surface area contributed by atoms with Gasteiger partial charge >= 0.3 is 0 Å². The molecule has 104 valence electrons. The first-order chi connectivity index (χ1) is 8.77. The first kappa shape index (κ1) is 13.3. The summed E-state index contributed by atoms with van der Waals surface area (Å²) in [5, 5.41) is 0. The lowest BCUT2D eigenvalue weighted by Crippen LogP contribution is -2.43. The van der Waals surface area contributed by atoms with E-state index in [0.717, 1.165) is 17.7 Å². The number of epoxide rings is 1. The highest BCUT2D eigenvalue weighted by molar-refractivity contribution is 7.86. The Morgan fingerprint density at radius 2 is 1.74 bits per heavy atom. The quantitative estimate of drug-likeness (QED) is 0.771. The average Bonchev–Trinajstić information content (AvgIpc) is 3.03. The van der Waals surface area contributed by atoms with E-state index >= 15 is 0 Å². The fourth-order valence-electron chi connectivity index (χ4n) is 4.06. The predicted molar refractivity (Wildman–Crippen MR) is 77.3 cm³/mol. The zero-order chi connectivity index (χ0) is 13.9. The maximum absolute atomic E-state index is 12.9. The van der Waals surface area contributed by atoms with E-state index < -0.39 is 15.7 Å². The standard InChI is InChI=1S/C16H22O2S/c1-14(2)10-15(3,4)13-16(11-14,18-13)19(17)12-8-6-5-7-9-12/h5-9,13H,10-11H2,1-4H3. The summed E-state index contributed by atoms with van der Waals surface area (Å²) >= 11 is 0. The van der Waals surface area contributed by atoms with E-state index in [9.17, 15) is 4.21 Å². The molecule has 1 aliphatic carbocycles. The number of fused-ring (bicyclic) bond motifs is 1. The van der Waals surface area contributed by atoms with Crippen molar-refractivity contribution in [2.45, 2.75) is 56.5 Å². The van der Waals surface area contributed by atoms with Crippen LogP contribution in [-0.2, 0) is 15.5 Å². The Balaban J connectivity index is 1.95. The fourth-order valence-corrected chi connectivity index (χ4v) is 6.08. The summed E-state index contributed by atoms with van der Waals surface area (Å²) in [6, 6.07) is 9.73. The molecule has 0 radical (unpaired) electrons. The van der Waals surface area contributed by atoms with Crippen LogP contribution in [-0.4, -0.2) is 15.2 Å². The van der Waals surface area contributed by atoms with Crippen LogP contribution >= 0.6 is 0 Å². The molecule has 3 heteroatoms. The Labute approximate surface area is 118 Å². The Hall–Kier alpha value is -0.670. The van der Waals surface area contributed by atoms with Crippen molar-refractivity contribution in [1.82, 2.24) is 0 Å². The molecule has 1 saturated heterocycles. The lowest BCUT2D eigenvalue weighted by molar-refractivity contribution is 0.134. The summed E-state index contributed by atoms with van der Waals surface area (Å²) in [5.41, 5.74) is 0.285. The van der Waals surface area contributed by atoms with E-state index in [2.05, 4.69) is 27.7 Å². The van der Waals surface area contributed by atoms with Gasteiger partial charge in [-0.05, 0) is 35.8 Å². The highest BCUT2D eigenvalue weighted by Gasteiger charge is 2.71. The first-order valence-corrected chi connectivity index (χ1v) is 8.07. The number of ether oxygens (including phenoxy) is 1. The van der Waals surface area contributed by atoms with Gasteiger partial charge in [0.25, 0.3) is 0 Å². The van der Waals surface area contributed by atoms with E-state index in [0.29, 0.717) is 0 Å². The van der Waals surface area contributed by atoms with E-state index in [4.69, 9.17) is 4.74 Å². The van der Waals surface area contributed by atoms with Gasteiger partial charge in [0.05, 0.1) is 10.8 Å². The molecule has 3 atom stereocenters. The minimum Gasteiger partial charge on any atom is -0.351 e. The molecule has 0 bridgehead atoms. The second-order valence-electron chi connectivity index (χ2n) is 7.40. The predicted octanol–water partition coefficient (Wildman–Crippen LogP) is 3.74. The van der Waals surface area contributed by atoms with Crippen molar-refractivity contribution in [2.75, 3.05) is 0 Å². The molecule has 1 heterocycles. The topological polar surface area (TPSA) is 29.6 Å². The Bertz CT molecular complexity index is 521. The minimum atomic E-state index is -1.08. The number of hydrogen-bond acceptors (Lipinski definition) is 2. The number of benzene rings is 1. The molecule has 0 aromatic heterocycles. The van der Waals surface area contributed by atoms with Crippen molar-refractivity contribution in [3.8, 4) is 0 Å².